The van der Waals surface area contributed by atoms with Crippen molar-refractivity contribution in [2.24, 2.45) is 0 Å². The molecule has 5 nitrogen and oxygen atoms in total. The van der Waals surface area contributed by atoms with Gasteiger partial charge >= 0.3 is 7.12 Å². The standard InChI is InChI=1S/C17H19BClFN2O3/c1-10-7-6-8-22-14(10)21-13(19)11(15(22)23)9-12(20)18-24-16(2,3)17(4,5)25-18/h6-9H,1-5H3. The highest BCUT2D eigenvalue weighted by molar-refractivity contribution is 6.54. The van der Waals surface area contributed by atoms with Gasteiger partial charge in [0.1, 0.15) is 16.5 Å². The predicted molar refractivity (Wildman–Crippen MR) is 96.4 cm³/mol. The molecular weight excluding hydrogens is 345 g/mol. The van der Waals surface area contributed by atoms with Gasteiger partial charge in [0, 0.05) is 6.20 Å². The monoisotopic (exact) mass is 364 g/mol. The second kappa shape index (κ2) is 5.93. The van der Waals surface area contributed by atoms with Gasteiger partial charge in [-0.05, 0) is 52.3 Å². The number of halogens is 2. The van der Waals surface area contributed by atoms with Gasteiger partial charge in [0.25, 0.3) is 5.56 Å². The van der Waals surface area contributed by atoms with Gasteiger partial charge < -0.3 is 9.31 Å². The molecule has 1 saturated heterocycles. The fraction of sp³-hybridized carbons (Fsp3) is 0.412. The van der Waals surface area contributed by atoms with Gasteiger partial charge in [-0.25, -0.2) is 9.37 Å². The third-order valence-corrected chi connectivity index (χ3v) is 5.09. The Kier molecular flexibility index (Phi) is 4.30. The van der Waals surface area contributed by atoms with Gasteiger partial charge in [-0.3, -0.25) is 9.20 Å². The fourth-order valence-corrected chi connectivity index (χ4v) is 2.78. The molecule has 25 heavy (non-hydrogen) atoms. The van der Waals surface area contributed by atoms with Crippen LogP contribution in [-0.2, 0) is 9.31 Å². The SMILES string of the molecule is Cc1cccn2c(=O)c(C=C(F)B3OC(C)(C)C(C)(C)O3)c(Cl)nc12. The Morgan fingerprint density at radius 1 is 1.32 bits per heavy atom. The van der Waals surface area contributed by atoms with Crippen LogP contribution in [0.25, 0.3) is 11.7 Å². The van der Waals surface area contributed by atoms with Gasteiger partial charge in [0.05, 0.1) is 16.8 Å². The van der Waals surface area contributed by atoms with Crippen molar-refractivity contribution >= 4 is 30.4 Å². The van der Waals surface area contributed by atoms with Crippen LogP contribution in [0, 0.1) is 6.92 Å². The van der Waals surface area contributed by atoms with E-state index in [2.05, 4.69) is 4.98 Å². The normalized spacial score (nSPS) is 19.6. The molecule has 0 atom stereocenters. The molecule has 3 rings (SSSR count). The Bertz CT molecular complexity index is 923. The summed E-state index contributed by atoms with van der Waals surface area (Å²) in [5.74, 6) is 0. The third-order valence-electron chi connectivity index (χ3n) is 4.80. The Balaban J connectivity index is 2.06. The lowest BCUT2D eigenvalue weighted by atomic mass is 9.87. The molecule has 0 saturated carbocycles. The van der Waals surface area contributed by atoms with Crippen molar-refractivity contribution in [3.05, 3.63) is 50.7 Å². The predicted octanol–water partition coefficient (Wildman–Crippen LogP) is 3.60. The molecule has 0 amide bonds. The first-order valence-corrected chi connectivity index (χ1v) is 8.31. The summed E-state index contributed by atoms with van der Waals surface area (Å²) in [6.07, 6.45) is 2.60. The number of aromatic nitrogens is 2. The van der Waals surface area contributed by atoms with Crippen LogP contribution in [0.5, 0.6) is 0 Å². The van der Waals surface area contributed by atoms with E-state index in [1.54, 1.807) is 12.3 Å². The van der Waals surface area contributed by atoms with E-state index >= 15 is 0 Å². The molecule has 1 fully saturated rings. The molecule has 132 valence electrons. The summed E-state index contributed by atoms with van der Waals surface area (Å²) in [4.78, 5) is 16.9. The molecule has 0 N–H and O–H groups in total. The quantitative estimate of drug-likeness (QED) is 0.603. The second-order valence-corrected chi connectivity index (χ2v) is 7.48. The maximum absolute atomic E-state index is 14.7. The number of fused-ring (bicyclic) bond motifs is 1. The van der Waals surface area contributed by atoms with Crippen molar-refractivity contribution in [1.29, 1.82) is 0 Å². The topological polar surface area (TPSA) is 52.8 Å². The molecule has 0 spiro atoms. The Hall–Kier alpha value is -1.70. The number of hydrogen-bond acceptors (Lipinski definition) is 4. The molecule has 0 radical (unpaired) electrons. The molecule has 1 aliphatic rings. The number of nitrogens with zero attached hydrogens (tertiary/aromatic N) is 2. The van der Waals surface area contributed by atoms with E-state index in [0.29, 0.717) is 5.65 Å². The van der Waals surface area contributed by atoms with Gasteiger partial charge in [-0.15, -0.1) is 0 Å². The molecule has 0 aromatic carbocycles. The van der Waals surface area contributed by atoms with Crippen molar-refractivity contribution in [2.75, 3.05) is 0 Å². The minimum Gasteiger partial charge on any atom is -0.398 e. The number of hydrogen-bond donors (Lipinski definition) is 0. The average Bonchev–Trinajstić information content (AvgIpc) is 2.73. The van der Waals surface area contributed by atoms with E-state index in [1.165, 1.54) is 4.40 Å². The highest BCUT2D eigenvalue weighted by Crippen LogP contribution is 2.39. The summed E-state index contributed by atoms with van der Waals surface area (Å²) in [5, 5.41) is -0.0639. The molecule has 2 aromatic rings. The summed E-state index contributed by atoms with van der Waals surface area (Å²) in [6, 6.07) is 3.54. The minimum atomic E-state index is -1.20. The lowest BCUT2D eigenvalue weighted by Gasteiger charge is -2.32. The zero-order chi connectivity index (χ0) is 18.6. The van der Waals surface area contributed by atoms with Crippen LogP contribution in [0.15, 0.2) is 28.9 Å². The largest absolute Gasteiger partial charge is 0.525 e. The van der Waals surface area contributed by atoms with Crippen LogP contribution in [0.1, 0.15) is 38.8 Å². The zero-order valence-electron chi connectivity index (χ0n) is 14.8. The molecule has 0 unspecified atom stereocenters. The fourth-order valence-electron chi connectivity index (χ4n) is 2.57. The van der Waals surface area contributed by atoms with E-state index in [9.17, 15) is 9.18 Å². The van der Waals surface area contributed by atoms with Crippen LogP contribution >= 0.6 is 11.6 Å². The van der Waals surface area contributed by atoms with Crippen molar-refractivity contribution in [2.45, 2.75) is 45.8 Å². The molecule has 2 aromatic heterocycles. The van der Waals surface area contributed by atoms with E-state index in [-0.39, 0.29) is 10.7 Å². The average molecular weight is 365 g/mol. The maximum atomic E-state index is 14.7. The minimum absolute atomic E-state index is 0.0445. The summed E-state index contributed by atoms with van der Waals surface area (Å²) in [6.45, 7) is 9.11. The first-order valence-electron chi connectivity index (χ1n) is 7.94. The number of aryl methyl sites for hydroxylation is 1. The Labute approximate surface area is 150 Å². The van der Waals surface area contributed by atoms with Crippen LogP contribution in [0.2, 0.25) is 5.15 Å². The van der Waals surface area contributed by atoms with E-state index in [4.69, 9.17) is 20.9 Å². The highest BCUT2D eigenvalue weighted by atomic mass is 35.5. The zero-order valence-corrected chi connectivity index (χ0v) is 15.5. The molecule has 3 heterocycles. The van der Waals surface area contributed by atoms with Crippen LogP contribution in [0.4, 0.5) is 4.39 Å². The molecule has 8 heteroatoms. The smallest absolute Gasteiger partial charge is 0.398 e. The summed E-state index contributed by atoms with van der Waals surface area (Å²) < 4.78 is 27.3. The van der Waals surface area contributed by atoms with Crippen LogP contribution in [-0.4, -0.2) is 27.7 Å². The second-order valence-electron chi connectivity index (χ2n) is 7.12. The van der Waals surface area contributed by atoms with Crippen molar-refractivity contribution in [3.63, 3.8) is 0 Å². The van der Waals surface area contributed by atoms with Gasteiger partial charge in [-0.1, -0.05) is 17.7 Å². The number of rotatable bonds is 2. The maximum Gasteiger partial charge on any atom is 0.525 e. The summed E-state index contributed by atoms with van der Waals surface area (Å²) in [7, 11) is -1.20. The van der Waals surface area contributed by atoms with Crippen molar-refractivity contribution < 1.29 is 13.7 Å². The Morgan fingerprint density at radius 2 is 1.92 bits per heavy atom. The molecular formula is C17H19BClFN2O3. The first kappa shape index (κ1) is 18.1. The van der Waals surface area contributed by atoms with Crippen LogP contribution in [0.3, 0.4) is 0 Å². The van der Waals surface area contributed by atoms with Gasteiger partial charge in [0.2, 0.25) is 0 Å². The van der Waals surface area contributed by atoms with E-state index in [0.717, 1.165) is 11.6 Å². The summed E-state index contributed by atoms with van der Waals surface area (Å²) >= 11 is 6.13. The van der Waals surface area contributed by atoms with Gasteiger partial charge in [0.15, 0.2) is 0 Å². The third kappa shape index (κ3) is 3.01. The Morgan fingerprint density at radius 3 is 2.52 bits per heavy atom. The summed E-state index contributed by atoms with van der Waals surface area (Å²) in [5.41, 5.74) is -1.36. The molecule has 0 aliphatic carbocycles. The molecule has 0 bridgehead atoms. The lowest BCUT2D eigenvalue weighted by molar-refractivity contribution is 0.00578. The first-order chi connectivity index (χ1) is 11.5. The highest BCUT2D eigenvalue weighted by Gasteiger charge is 2.53. The van der Waals surface area contributed by atoms with Gasteiger partial charge in [-0.2, -0.15) is 0 Å². The van der Waals surface area contributed by atoms with Crippen molar-refractivity contribution in [1.82, 2.24) is 9.38 Å². The van der Waals surface area contributed by atoms with E-state index in [1.807, 2.05) is 40.7 Å². The van der Waals surface area contributed by atoms with Crippen LogP contribution < -0.4 is 5.56 Å². The van der Waals surface area contributed by atoms with E-state index < -0.39 is 29.6 Å². The number of pyridine rings is 1. The molecule has 1 aliphatic heterocycles. The van der Waals surface area contributed by atoms with Crippen molar-refractivity contribution in [3.8, 4) is 0 Å². The lowest BCUT2D eigenvalue weighted by Crippen LogP contribution is -2.41.